The summed E-state index contributed by atoms with van der Waals surface area (Å²) in [4.78, 5) is 25.5. The molecule has 0 aliphatic rings. The number of nitrogens with two attached hydrogens (primary N) is 1. The Bertz CT molecular complexity index is 514. The molecule has 0 fully saturated rings. The smallest absolute Gasteiger partial charge is 0.325 e. The molecule has 116 valence electrons. The van der Waals surface area contributed by atoms with Gasteiger partial charge in [0.2, 0.25) is 0 Å². The number of nitrogens with zero attached hydrogens (tertiary/aromatic N) is 1. The minimum absolute atomic E-state index is 0.0833. The van der Waals surface area contributed by atoms with Gasteiger partial charge in [-0.1, -0.05) is 19.9 Å². The Labute approximate surface area is 124 Å². The number of nitrogen functional groups attached to an aromatic ring is 1. The number of esters is 1. The van der Waals surface area contributed by atoms with E-state index in [0.717, 1.165) is 0 Å². The van der Waals surface area contributed by atoms with Crippen molar-refractivity contribution in [3.05, 3.63) is 23.8 Å². The zero-order chi connectivity index (χ0) is 16.0. The molecule has 0 saturated heterocycles. The predicted molar refractivity (Wildman–Crippen MR) is 79.9 cm³/mol. The molecule has 0 unspecified atom stereocenters. The fourth-order valence-electron chi connectivity index (χ4n) is 1.93. The first-order valence-corrected chi connectivity index (χ1v) is 6.89. The highest BCUT2D eigenvalue weighted by Gasteiger charge is 2.23. The van der Waals surface area contributed by atoms with E-state index in [0.29, 0.717) is 6.54 Å². The van der Waals surface area contributed by atoms with E-state index in [1.807, 2.05) is 13.8 Å². The van der Waals surface area contributed by atoms with Crippen LogP contribution in [-0.2, 0) is 9.53 Å². The van der Waals surface area contributed by atoms with Crippen LogP contribution in [0.15, 0.2) is 18.2 Å². The lowest BCUT2D eigenvalue weighted by molar-refractivity contribution is -0.143. The van der Waals surface area contributed by atoms with E-state index < -0.39 is 11.9 Å². The number of hydrogen-bond donors (Lipinski definition) is 2. The summed E-state index contributed by atoms with van der Waals surface area (Å²) in [7, 11) is 0. The van der Waals surface area contributed by atoms with E-state index >= 15 is 0 Å². The number of carbonyl (C=O) groups is 2. The van der Waals surface area contributed by atoms with E-state index in [1.54, 1.807) is 13.0 Å². The number of hydrogen-bond acceptors (Lipinski definition) is 5. The molecule has 0 aliphatic heterocycles. The molecule has 0 aromatic heterocycles. The Morgan fingerprint density at radius 3 is 2.62 bits per heavy atom. The maximum atomic E-state index is 12.5. The molecule has 6 nitrogen and oxygen atoms in total. The van der Waals surface area contributed by atoms with Gasteiger partial charge < -0.3 is 20.5 Å². The number of rotatable bonds is 6. The summed E-state index contributed by atoms with van der Waals surface area (Å²) in [5, 5.41) is 9.90. The van der Waals surface area contributed by atoms with E-state index in [9.17, 15) is 14.7 Å². The van der Waals surface area contributed by atoms with E-state index in [2.05, 4.69) is 0 Å². The van der Waals surface area contributed by atoms with E-state index in [-0.39, 0.29) is 36.1 Å². The molecule has 1 amide bonds. The molecule has 1 aromatic rings. The number of para-hydroxylation sites is 1. The summed E-state index contributed by atoms with van der Waals surface area (Å²) in [6.45, 7) is 6.06. The molecular formula is C15H22N2O4. The third-order valence-electron chi connectivity index (χ3n) is 2.80. The summed E-state index contributed by atoms with van der Waals surface area (Å²) in [6.07, 6.45) is 0. The van der Waals surface area contributed by atoms with Crippen molar-refractivity contribution in [3.8, 4) is 5.75 Å². The summed E-state index contributed by atoms with van der Waals surface area (Å²) >= 11 is 0. The van der Waals surface area contributed by atoms with Gasteiger partial charge in [-0.05, 0) is 25.0 Å². The quantitative estimate of drug-likeness (QED) is 0.472. The second-order valence-corrected chi connectivity index (χ2v) is 5.13. The van der Waals surface area contributed by atoms with Crippen molar-refractivity contribution < 1.29 is 19.4 Å². The zero-order valence-corrected chi connectivity index (χ0v) is 12.6. The third kappa shape index (κ3) is 4.66. The summed E-state index contributed by atoms with van der Waals surface area (Å²) in [6, 6.07) is 4.57. The largest absolute Gasteiger partial charge is 0.505 e. The highest BCUT2D eigenvalue weighted by atomic mass is 16.5. The standard InChI is InChI=1S/C15H22N2O4/c1-4-21-13(18)9-17(8-10(2)3)15(20)11-6-5-7-12(16)14(11)19/h5-7,10,19H,4,8-9,16H2,1-3H3. The van der Waals surface area contributed by atoms with Crippen LogP contribution in [0.3, 0.4) is 0 Å². The molecule has 3 N–H and O–H groups in total. The molecule has 0 atom stereocenters. The normalized spacial score (nSPS) is 10.5. The van der Waals surface area contributed by atoms with E-state index in [4.69, 9.17) is 10.5 Å². The lowest BCUT2D eigenvalue weighted by Crippen LogP contribution is -2.39. The molecule has 0 saturated carbocycles. The van der Waals surface area contributed by atoms with Gasteiger partial charge in [0, 0.05) is 6.54 Å². The number of aromatic hydroxyl groups is 1. The van der Waals surface area contributed by atoms with Crippen molar-refractivity contribution in [2.24, 2.45) is 5.92 Å². The van der Waals surface area contributed by atoms with Gasteiger partial charge in [0.25, 0.3) is 5.91 Å². The zero-order valence-electron chi connectivity index (χ0n) is 12.6. The number of ether oxygens (including phenoxy) is 1. The Kier molecular flexibility index (Phi) is 6.02. The molecule has 21 heavy (non-hydrogen) atoms. The fraction of sp³-hybridized carbons (Fsp3) is 0.467. The number of benzene rings is 1. The average molecular weight is 294 g/mol. The fourth-order valence-corrected chi connectivity index (χ4v) is 1.93. The lowest BCUT2D eigenvalue weighted by atomic mass is 10.1. The Morgan fingerprint density at radius 1 is 1.38 bits per heavy atom. The number of amides is 1. The maximum absolute atomic E-state index is 12.5. The highest BCUT2D eigenvalue weighted by molar-refractivity contribution is 5.99. The van der Waals surface area contributed by atoms with Crippen molar-refractivity contribution in [3.63, 3.8) is 0 Å². The van der Waals surface area contributed by atoms with Crippen LogP contribution < -0.4 is 5.73 Å². The van der Waals surface area contributed by atoms with Crippen LogP contribution in [0.25, 0.3) is 0 Å². The Morgan fingerprint density at radius 2 is 2.05 bits per heavy atom. The third-order valence-corrected chi connectivity index (χ3v) is 2.80. The molecule has 0 heterocycles. The van der Waals surface area contributed by atoms with Crippen LogP contribution in [-0.4, -0.2) is 41.6 Å². The highest BCUT2D eigenvalue weighted by Crippen LogP contribution is 2.25. The minimum atomic E-state index is -0.477. The molecule has 0 radical (unpaired) electrons. The van der Waals surface area contributed by atoms with Gasteiger partial charge in [-0.15, -0.1) is 0 Å². The van der Waals surface area contributed by atoms with Crippen molar-refractivity contribution >= 4 is 17.6 Å². The van der Waals surface area contributed by atoms with Crippen LogP contribution in [0.1, 0.15) is 31.1 Å². The molecule has 0 spiro atoms. The molecule has 1 aromatic carbocycles. The van der Waals surface area contributed by atoms with E-state index in [1.165, 1.54) is 17.0 Å². The van der Waals surface area contributed by atoms with Crippen LogP contribution >= 0.6 is 0 Å². The molecule has 0 aliphatic carbocycles. The SMILES string of the molecule is CCOC(=O)CN(CC(C)C)C(=O)c1cccc(N)c1O. The van der Waals surface area contributed by atoms with Crippen molar-refractivity contribution in [2.75, 3.05) is 25.4 Å². The van der Waals surface area contributed by atoms with Gasteiger partial charge in [-0.25, -0.2) is 0 Å². The summed E-state index contributed by atoms with van der Waals surface area (Å²) in [5.41, 5.74) is 5.81. The van der Waals surface area contributed by atoms with Crippen LogP contribution in [0.2, 0.25) is 0 Å². The first-order valence-electron chi connectivity index (χ1n) is 6.89. The topological polar surface area (TPSA) is 92.9 Å². The van der Waals surface area contributed by atoms with Gasteiger partial charge in [0.1, 0.15) is 6.54 Å². The van der Waals surface area contributed by atoms with Crippen molar-refractivity contribution in [1.29, 1.82) is 0 Å². The maximum Gasteiger partial charge on any atom is 0.325 e. The summed E-state index contributed by atoms with van der Waals surface area (Å²) in [5.74, 6) is -1.01. The second kappa shape index (κ2) is 7.52. The molecule has 0 bridgehead atoms. The van der Waals surface area contributed by atoms with Crippen LogP contribution in [0.4, 0.5) is 5.69 Å². The summed E-state index contributed by atoms with van der Waals surface area (Å²) < 4.78 is 4.87. The first kappa shape index (κ1) is 16.8. The molecule has 1 rings (SSSR count). The molecule has 6 heteroatoms. The minimum Gasteiger partial charge on any atom is -0.505 e. The van der Waals surface area contributed by atoms with Gasteiger partial charge in [-0.3, -0.25) is 9.59 Å². The first-order chi connectivity index (χ1) is 9.86. The predicted octanol–water partition coefficient (Wildman–Crippen LogP) is 1.64. The Hall–Kier alpha value is -2.24. The van der Waals surface area contributed by atoms with Crippen molar-refractivity contribution in [2.45, 2.75) is 20.8 Å². The second-order valence-electron chi connectivity index (χ2n) is 5.13. The average Bonchev–Trinajstić information content (AvgIpc) is 2.40. The number of phenols is 1. The monoisotopic (exact) mass is 294 g/mol. The lowest BCUT2D eigenvalue weighted by Gasteiger charge is -2.24. The van der Waals surface area contributed by atoms with Gasteiger partial charge >= 0.3 is 5.97 Å². The van der Waals surface area contributed by atoms with Gasteiger partial charge in [0.15, 0.2) is 5.75 Å². The van der Waals surface area contributed by atoms with Crippen LogP contribution in [0, 0.1) is 5.92 Å². The number of anilines is 1. The Balaban J connectivity index is 2.99. The van der Waals surface area contributed by atoms with Gasteiger partial charge in [-0.2, -0.15) is 0 Å². The number of phenolic OH excluding ortho intramolecular Hbond substituents is 1. The molecular weight excluding hydrogens is 272 g/mol. The number of carbonyl (C=O) groups excluding carboxylic acids is 2. The van der Waals surface area contributed by atoms with Gasteiger partial charge in [0.05, 0.1) is 17.9 Å². The van der Waals surface area contributed by atoms with Crippen molar-refractivity contribution in [1.82, 2.24) is 4.90 Å². The van der Waals surface area contributed by atoms with Crippen LogP contribution in [0.5, 0.6) is 5.75 Å².